The van der Waals surface area contributed by atoms with E-state index in [0.717, 1.165) is 37.7 Å². The molecule has 0 aliphatic carbocycles. The average molecular weight is 428 g/mol. The molecule has 0 aliphatic rings. The molecule has 2 aromatic carbocycles. The van der Waals surface area contributed by atoms with E-state index in [4.69, 9.17) is 4.99 Å². The quantitative estimate of drug-likeness (QED) is 0.317. The Labute approximate surface area is 188 Å². The summed E-state index contributed by atoms with van der Waals surface area (Å²) < 4.78 is 3.79. The van der Waals surface area contributed by atoms with Gasteiger partial charge >= 0.3 is 0 Å². The Balaban J connectivity index is 1.30. The van der Waals surface area contributed by atoms with Crippen LogP contribution in [0.25, 0.3) is 5.69 Å². The molecule has 0 saturated carbocycles. The van der Waals surface area contributed by atoms with E-state index < -0.39 is 0 Å². The number of hydrogen-bond acceptors (Lipinski definition) is 3. The SMILES string of the molecule is CCNC(=NCc1cccc(Cn2cccn2)c1)NCCc1ccc(-n2cccn2)cc1. The molecule has 32 heavy (non-hydrogen) atoms. The highest BCUT2D eigenvalue weighted by molar-refractivity contribution is 5.79. The van der Waals surface area contributed by atoms with E-state index in [9.17, 15) is 0 Å². The van der Waals surface area contributed by atoms with E-state index in [1.165, 1.54) is 16.7 Å². The molecular formula is C25H29N7. The van der Waals surface area contributed by atoms with E-state index in [2.05, 4.69) is 76.3 Å². The largest absolute Gasteiger partial charge is 0.357 e. The zero-order valence-corrected chi connectivity index (χ0v) is 18.4. The summed E-state index contributed by atoms with van der Waals surface area (Å²) in [6.45, 7) is 5.11. The molecule has 0 saturated heterocycles. The van der Waals surface area contributed by atoms with Gasteiger partial charge in [0.15, 0.2) is 5.96 Å². The summed E-state index contributed by atoms with van der Waals surface area (Å²) in [6.07, 6.45) is 8.43. The van der Waals surface area contributed by atoms with Gasteiger partial charge in [0, 0.05) is 37.9 Å². The van der Waals surface area contributed by atoms with Crippen molar-refractivity contribution in [1.29, 1.82) is 0 Å². The van der Waals surface area contributed by atoms with Gasteiger partial charge in [-0.25, -0.2) is 9.67 Å². The molecule has 4 rings (SSSR count). The Kier molecular flexibility index (Phi) is 7.31. The first-order valence-electron chi connectivity index (χ1n) is 11.0. The summed E-state index contributed by atoms with van der Waals surface area (Å²) in [4.78, 5) is 4.76. The number of rotatable bonds is 9. The molecule has 2 N–H and O–H groups in total. The molecule has 7 nitrogen and oxygen atoms in total. The van der Waals surface area contributed by atoms with Crippen LogP contribution in [0.15, 0.2) is 90.4 Å². The molecule has 0 aliphatic heterocycles. The summed E-state index contributed by atoms with van der Waals surface area (Å²) in [5.74, 6) is 0.832. The van der Waals surface area contributed by atoms with Crippen LogP contribution >= 0.6 is 0 Å². The van der Waals surface area contributed by atoms with Crippen molar-refractivity contribution in [3.8, 4) is 5.69 Å². The Hall–Kier alpha value is -3.87. The van der Waals surface area contributed by atoms with Crippen molar-refractivity contribution < 1.29 is 0 Å². The molecule has 0 radical (unpaired) electrons. The molecule has 2 aromatic heterocycles. The van der Waals surface area contributed by atoms with Crippen LogP contribution < -0.4 is 10.6 Å². The highest BCUT2D eigenvalue weighted by Crippen LogP contribution is 2.10. The lowest BCUT2D eigenvalue weighted by Crippen LogP contribution is -2.38. The van der Waals surface area contributed by atoms with Gasteiger partial charge in [0.25, 0.3) is 0 Å². The third-order valence-electron chi connectivity index (χ3n) is 5.07. The lowest BCUT2D eigenvalue weighted by atomic mass is 10.1. The Morgan fingerprint density at radius 3 is 2.44 bits per heavy atom. The normalized spacial score (nSPS) is 11.5. The first-order valence-corrected chi connectivity index (χ1v) is 11.0. The van der Waals surface area contributed by atoms with Crippen molar-refractivity contribution in [2.45, 2.75) is 26.4 Å². The number of hydrogen-bond donors (Lipinski definition) is 2. The van der Waals surface area contributed by atoms with Crippen LogP contribution in [-0.2, 0) is 19.5 Å². The van der Waals surface area contributed by atoms with Gasteiger partial charge in [-0.3, -0.25) is 4.68 Å². The van der Waals surface area contributed by atoms with Crippen LogP contribution in [0.5, 0.6) is 0 Å². The summed E-state index contributed by atoms with van der Waals surface area (Å²) in [6, 6.07) is 20.9. The van der Waals surface area contributed by atoms with Gasteiger partial charge in [-0.15, -0.1) is 0 Å². The van der Waals surface area contributed by atoms with Crippen LogP contribution in [-0.4, -0.2) is 38.6 Å². The van der Waals surface area contributed by atoms with Crippen LogP contribution in [0.3, 0.4) is 0 Å². The Morgan fingerprint density at radius 2 is 1.69 bits per heavy atom. The third-order valence-corrected chi connectivity index (χ3v) is 5.07. The fourth-order valence-corrected chi connectivity index (χ4v) is 3.48. The molecule has 0 atom stereocenters. The number of aromatic nitrogens is 4. The standard InChI is InChI=1S/C25H29N7/c1-2-26-25(27-15-12-21-8-10-24(11-9-21)32-17-5-14-30-32)28-19-22-6-3-7-23(18-22)20-31-16-4-13-29-31/h3-11,13-14,16-18H,2,12,15,19-20H2,1H3,(H2,26,27,28). The molecule has 4 aromatic rings. The molecule has 164 valence electrons. The van der Waals surface area contributed by atoms with E-state index in [1.807, 2.05) is 33.9 Å². The fraction of sp³-hybridized carbons (Fsp3) is 0.240. The van der Waals surface area contributed by atoms with Gasteiger partial charge in [0.05, 0.1) is 18.8 Å². The lowest BCUT2D eigenvalue weighted by Gasteiger charge is -2.12. The molecule has 0 unspecified atom stereocenters. The van der Waals surface area contributed by atoms with Gasteiger partial charge in [0.1, 0.15) is 0 Å². The van der Waals surface area contributed by atoms with Crippen molar-refractivity contribution >= 4 is 5.96 Å². The highest BCUT2D eigenvalue weighted by atomic mass is 15.3. The second-order valence-electron chi connectivity index (χ2n) is 7.51. The van der Waals surface area contributed by atoms with Crippen molar-refractivity contribution in [3.63, 3.8) is 0 Å². The molecule has 0 spiro atoms. The van der Waals surface area contributed by atoms with E-state index in [-0.39, 0.29) is 0 Å². The highest BCUT2D eigenvalue weighted by Gasteiger charge is 2.02. The van der Waals surface area contributed by atoms with E-state index in [0.29, 0.717) is 6.54 Å². The smallest absolute Gasteiger partial charge is 0.191 e. The Morgan fingerprint density at radius 1 is 0.875 bits per heavy atom. The monoisotopic (exact) mass is 427 g/mol. The molecule has 0 bridgehead atoms. The maximum atomic E-state index is 4.76. The topological polar surface area (TPSA) is 72.1 Å². The van der Waals surface area contributed by atoms with Gasteiger partial charge < -0.3 is 10.6 Å². The number of guanidine groups is 1. The average Bonchev–Trinajstić information content (AvgIpc) is 3.53. The molecular weight excluding hydrogens is 398 g/mol. The fourth-order valence-electron chi connectivity index (χ4n) is 3.48. The molecule has 7 heteroatoms. The van der Waals surface area contributed by atoms with Gasteiger partial charge in [-0.1, -0.05) is 36.4 Å². The number of aliphatic imine (C=N–C) groups is 1. The third kappa shape index (κ3) is 6.07. The summed E-state index contributed by atoms with van der Waals surface area (Å²) in [7, 11) is 0. The van der Waals surface area contributed by atoms with Gasteiger partial charge in [-0.05, 0) is 54.3 Å². The zero-order valence-electron chi connectivity index (χ0n) is 18.4. The van der Waals surface area contributed by atoms with E-state index >= 15 is 0 Å². The lowest BCUT2D eigenvalue weighted by molar-refractivity contribution is 0.686. The minimum absolute atomic E-state index is 0.626. The maximum Gasteiger partial charge on any atom is 0.191 e. The summed E-state index contributed by atoms with van der Waals surface area (Å²) >= 11 is 0. The minimum atomic E-state index is 0.626. The van der Waals surface area contributed by atoms with Crippen molar-refractivity contribution in [3.05, 3.63) is 102 Å². The number of nitrogens with one attached hydrogen (secondary N) is 2. The zero-order chi connectivity index (χ0) is 22.0. The molecule has 2 heterocycles. The van der Waals surface area contributed by atoms with Gasteiger partial charge in [-0.2, -0.15) is 10.2 Å². The first kappa shape index (κ1) is 21.4. The van der Waals surface area contributed by atoms with Crippen molar-refractivity contribution in [2.75, 3.05) is 13.1 Å². The predicted molar refractivity (Wildman–Crippen MR) is 128 cm³/mol. The van der Waals surface area contributed by atoms with Gasteiger partial charge in [0.2, 0.25) is 0 Å². The van der Waals surface area contributed by atoms with Crippen molar-refractivity contribution in [2.24, 2.45) is 4.99 Å². The van der Waals surface area contributed by atoms with Crippen LogP contribution in [0.2, 0.25) is 0 Å². The Bertz CT molecular complexity index is 1100. The predicted octanol–water partition coefficient (Wildman–Crippen LogP) is 3.41. The first-order chi connectivity index (χ1) is 15.8. The second kappa shape index (κ2) is 10.9. The molecule has 0 fully saturated rings. The summed E-state index contributed by atoms with van der Waals surface area (Å²) in [5, 5.41) is 15.3. The van der Waals surface area contributed by atoms with Crippen LogP contribution in [0.4, 0.5) is 0 Å². The minimum Gasteiger partial charge on any atom is -0.357 e. The summed E-state index contributed by atoms with van der Waals surface area (Å²) in [5.41, 5.74) is 4.74. The van der Waals surface area contributed by atoms with Crippen LogP contribution in [0, 0.1) is 0 Å². The van der Waals surface area contributed by atoms with Crippen LogP contribution in [0.1, 0.15) is 23.6 Å². The number of benzene rings is 2. The maximum absolute atomic E-state index is 4.76. The molecule has 0 amide bonds. The number of nitrogens with zero attached hydrogens (tertiary/aromatic N) is 5. The second-order valence-corrected chi connectivity index (χ2v) is 7.51. The van der Waals surface area contributed by atoms with E-state index in [1.54, 1.807) is 12.4 Å². The van der Waals surface area contributed by atoms with Crippen molar-refractivity contribution in [1.82, 2.24) is 30.2 Å².